The molecule has 4 N–H and O–H groups in total. The van der Waals surface area contributed by atoms with E-state index in [1.54, 1.807) is 0 Å². The smallest absolute Gasteiger partial charge is 0.234 e. The van der Waals surface area contributed by atoms with Gasteiger partial charge in [-0.1, -0.05) is 11.8 Å². The number of aromatic nitrogens is 3. The van der Waals surface area contributed by atoms with Gasteiger partial charge in [-0.05, 0) is 26.2 Å². The zero-order valence-electron chi connectivity index (χ0n) is 9.77. The van der Waals surface area contributed by atoms with Crippen molar-refractivity contribution in [2.24, 2.45) is 5.73 Å². The lowest BCUT2D eigenvalue weighted by molar-refractivity contribution is -0.120. The van der Waals surface area contributed by atoms with E-state index in [1.807, 2.05) is 6.92 Å². The van der Waals surface area contributed by atoms with Crippen LogP contribution in [-0.4, -0.2) is 38.9 Å². The van der Waals surface area contributed by atoms with Gasteiger partial charge < -0.3 is 11.1 Å². The third-order valence-corrected chi connectivity index (χ3v) is 3.45. The highest BCUT2D eigenvalue weighted by Gasteiger charge is 2.26. The number of amides is 1. The number of nitrogens with two attached hydrogens (primary N) is 1. The van der Waals surface area contributed by atoms with Crippen LogP contribution in [0.1, 0.15) is 25.1 Å². The summed E-state index contributed by atoms with van der Waals surface area (Å²) in [5.74, 6) is 1.31. The first-order chi connectivity index (χ1) is 8.15. The molecule has 1 heterocycles. The number of aromatic amines is 1. The van der Waals surface area contributed by atoms with E-state index in [-0.39, 0.29) is 11.9 Å². The Morgan fingerprint density at radius 2 is 2.47 bits per heavy atom. The van der Waals surface area contributed by atoms with Crippen LogP contribution in [0.5, 0.6) is 0 Å². The average molecular weight is 255 g/mol. The molecule has 1 amide bonds. The molecule has 0 aromatic carbocycles. The third-order valence-electron chi connectivity index (χ3n) is 2.57. The summed E-state index contributed by atoms with van der Waals surface area (Å²) >= 11 is 1.53. The van der Waals surface area contributed by atoms with E-state index in [4.69, 9.17) is 5.73 Å². The summed E-state index contributed by atoms with van der Waals surface area (Å²) in [7, 11) is 0. The van der Waals surface area contributed by atoms with Crippen LogP contribution in [0, 0.1) is 6.92 Å². The Morgan fingerprint density at radius 3 is 3.00 bits per heavy atom. The molecule has 1 atom stereocenters. The van der Waals surface area contributed by atoms with E-state index in [0.29, 0.717) is 12.5 Å². The predicted octanol–water partition coefficient (Wildman–Crippen LogP) is 0.201. The molecule has 0 radical (unpaired) electrons. The summed E-state index contributed by atoms with van der Waals surface area (Å²) in [5.41, 5.74) is 5.35. The first kappa shape index (κ1) is 12.4. The standard InChI is InChI=1S/C10H17N5OS/c1-6-12-10(15-14-6)17-5-4-8(9(11)16)13-7-2-3-7/h7-8,13H,2-5H2,1H3,(H2,11,16)(H,12,14,15). The summed E-state index contributed by atoms with van der Waals surface area (Å²) in [6.07, 6.45) is 3.01. The zero-order valence-corrected chi connectivity index (χ0v) is 10.6. The van der Waals surface area contributed by atoms with Gasteiger partial charge in [0.15, 0.2) is 0 Å². The molecular formula is C10H17N5OS. The van der Waals surface area contributed by atoms with Gasteiger partial charge in [0, 0.05) is 11.8 Å². The second-order valence-electron chi connectivity index (χ2n) is 4.24. The van der Waals surface area contributed by atoms with Crippen molar-refractivity contribution in [3.8, 4) is 0 Å². The molecule has 1 fully saturated rings. The number of primary amides is 1. The van der Waals surface area contributed by atoms with Crippen molar-refractivity contribution < 1.29 is 4.79 Å². The van der Waals surface area contributed by atoms with Crippen molar-refractivity contribution in [3.63, 3.8) is 0 Å². The molecule has 6 nitrogen and oxygen atoms in total. The number of hydrogen-bond donors (Lipinski definition) is 3. The monoisotopic (exact) mass is 255 g/mol. The van der Waals surface area contributed by atoms with Gasteiger partial charge in [0.2, 0.25) is 11.1 Å². The maximum absolute atomic E-state index is 11.2. The van der Waals surface area contributed by atoms with E-state index in [1.165, 1.54) is 11.8 Å². The Bertz CT molecular complexity index is 390. The molecule has 1 aliphatic carbocycles. The summed E-state index contributed by atoms with van der Waals surface area (Å²) in [6, 6.07) is 0.262. The molecule has 1 aliphatic rings. The molecule has 1 unspecified atom stereocenters. The number of hydrogen-bond acceptors (Lipinski definition) is 5. The number of rotatable bonds is 7. The molecular weight excluding hydrogens is 238 g/mol. The maximum Gasteiger partial charge on any atom is 0.234 e. The minimum absolute atomic E-state index is 0.227. The number of thioether (sulfide) groups is 1. The lowest BCUT2D eigenvalue weighted by Gasteiger charge is -2.13. The maximum atomic E-state index is 11.2. The fraction of sp³-hybridized carbons (Fsp3) is 0.700. The first-order valence-corrected chi connectivity index (χ1v) is 6.71. The van der Waals surface area contributed by atoms with Crippen LogP contribution < -0.4 is 11.1 Å². The SMILES string of the molecule is Cc1nc(SCCC(NC2CC2)C(N)=O)n[nH]1. The fourth-order valence-corrected chi connectivity index (χ4v) is 2.34. The van der Waals surface area contributed by atoms with Gasteiger partial charge >= 0.3 is 0 Å². The fourth-order valence-electron chi connectivity index (χ4n) is 1.50. The third kappa shape index (κ3) is 4.01. The summed E-state index contributed by atoms with van der Waals surface area (Å²) in [6.45, 7) is 1.86. The van der Waals surface area contributed by atoms with Gasteiger partial charge in [0.05, 0.1) is 6.04 Å². The Labute approximate surface area is 104 Å². The van der Waals surface area contributed by atoms with Crippen molar-refractivity contribution in [2.45, 2.75) is 43.4 Å². The van der Waals surface area contributed by atoms with Crippen molar-refractivity contribution in [1.29, 1.82) is 0 Å². The van der Waals surface area contributed by atoms with Crippen LogP contribution in [-0.2, 0) is 4.79 Å². The van der Waals surface area contributed by atoms with Crippen LogP contribution in [0.3, 0.4) is 0 Å². The van der Waals surface area contributed by atoms with Crippen LogP contribution in [0.15, 0.2) is 5.16 Å². The summed E-state index contributed by atoms with van der Waals surface area (Å²) in [5, 5.41) is 10.8. The molecule has 0 aliphatic heterocycles. The van der Waals surface area contributed by atoms with Gasteiger partial charge in [-0.15, -0.1) is 5.10 Å². The second kappa shape index (κ2) is 5.50. The van der Waals surface area contributed by atoms with E-state index >= 15 is 0 Å². The normalized spacial score (nSPS) is 17.0. The molecule has 0 bridgehead atoms. The molecule has 1 saturated carbocycles. The summed E-state index contributed by atoms with van der Waals surface area (Å²) < 4.78 is 0. The molecule has 94 valence electrons. The Hall–Kier alpha value is -1.08. The molecule has 1 aromatic rings. The first-order valence-electron chi connectivity index (χ1n) is 5.72. The van der Waals surface area contributed by atoms with Crippen molar-refractivity contribution >= 4 is 17.7 Å². The van der Waals surface area contributed by atoms with Crippen LogP contribution in [0.4, 0.5) is 0 Å². The van der Waals surface area contributed by atoms with Crippen molar-refractivity contribution in [3.05, 3.63) is 5.82 Å². The zero-order chi connectivity index (χ0) is 12.3. The van der Waals surface area contributed by atoms with E-state index < -0.39 is 0 Å². The molecule has 7 heteroatoms. The molecule has 0 spiro atoms. The lowest BCUT2D eigenvalue weighted by atomic mass is 10.2. The topological polar surface area (TPSA) is 96.7 Å². The van der Waals surface area contributed by atoms with Gasteiger partial charge in [-0.2, -0.15) is 0 Å². The molecule has 0 saturated heterocycles. The Morgan fingerprint density at radius 1 is 1.71 bits per heavy atom. The van der Waals surface area contributed by atoms with Crippen molar-refractivity contribution in [1.82, 2.24) is 20.5 Å². The summed E-state index contributed by atoms with van der Waals surface area (Å²) in [4.78, 5) is 15.4. The predicted molar refractivity (Wildman–Crippen MR) is 65.6 cm³/mol. The average Bonchev–Trinajstić information content (AvgIpc) is 3.00. The van der Waals surface area contributed by atoms with Crippen LogP contribution >= 0.6 is 11.8 Å². The van der Waals surface area contributed by atoms with Gasteiger partial charge in [0.1, 0.15) is 5.82 Å². The minimum atomic E-state index is -0.274. The highest BCUT2D eigenvalue weighted by atomic mass is 32.2. The number of H-pyrrole nitrogens is 1. The number of carbonyl (C=O) groups excluding carboxylic acids is 1. The van der Waals surface area contributed by atoms with Crippen LogP contribution in [0.25, 0.3) is 0 Å². The van der Waals surface area contributed by atoms with E-state index in [0.717, 1.165) is 29.6 Å². The highest BCUT2D eigenvalue weighted by Crippen LogP contribution is 2.21. The van der Waals surface area contributed by atoms with E-state index in [9.17, 15) is 4.79 Å². The van der Waals surface area contributed by atoms with Crippen LogP contribution in [0.2, 0.25) is 0 Å². The second-order valence-corrected chi connectivity index (χ2v) is 5.30. The number of nitrogens with zero attached hydrogens (tertiary/aromatic N) is 2. The quantitative estimate of drug-likeness (QED) is 0.605. The number of aryl methyl sites for hydroxylation is 1. The molecule has 17 heavy (non-hydrogen) atoms. The molecule has 2 rings (SSSR count). The largest absolute Gasteiger partial charge is 0.368 e. The van der Waals surface area contributed by atoms with Gasteiger partial charge in [-0.3, -0.25) is 9.89 Å². The van der Waals surface area contributed by atoms with Crippen molar-refractivity contribution in [2.75, 3.05) is 5.75 Å². The minimum Gasteiger partial charge on any atom is -0.368 e. The number of carbonyl (C=O) groups is 1. The van der Waals surface area contributed by atoms with Gasteiger partial charge in [-0.25, -0.2) is 4.98 Å². The molecule has 1 aromatic heterocycles. The van der Waals surface area contributed by atoms with E-state index in [2.05, 4.69) is 20.5 Å². The van der Waals surface area contributed by atoms with Gasteiger partial charge in [0.25, 0.3) is 0 Å². The Kier molecular flexibility index (Phi) is 4.01. The lowest BCUT2D eigenvalue weighted by Crippen LogP contribution is -2.42. The Balaban J connectivity index is 1.72. The number of nitrogens with one attached hydrogen (secondary N) is 2. The highest BCUT2D eigenvalue weighted by molar-refractivity contribution is 7.99.